The van der Waals surface area contributed by atoms with Crippen molar-refractivity contribution < 1.29 is 19.3 Å². The summed E-state index contributed by atoms with van der Waals surface area (Å²) in [6, 6.07) is 25.8. The van der Waals surface area contributed by atoms with Gasteiger partial charge in [0.25, 0.3) is 0 Å². The second-order valence-electron chi connectivity index (χ2n) is 6.65. The Kier molecular flexibility index (Phi) is 5.42. The number of ether oxygens (including phenoxy) is 3. The van der Waals surface area contributed by atoms with Gasteiger partial charge in [-0.3, -0.25) is 0 Å². The van der Waals surface area contributed by atoms with Crippen molar-refractivity contribution in [1.82, 2.24) is 0 Å². The number of para-hydroxylation sites is 1. The van der Waals surface area contributed by atoms with Gasteiger partial charge in [0.15, 0.2) is 0 Å². The number of hydrogen-bond donors (Lipinski definition) is 1. The quantitative estimate of drug-likeness (QED) is 0.453. The molecule has 1 N–H and O–H groups in total. The third-order valence-electron chi connectivity index (χ3n) is 4.54. The summed E-state index contributed by atoms with van der Waals surface area (Å²) in [6.45, 7) is 0.381. The van der Waals surface area contributed by atoms with E-state index in [0.29, 0.717) is 0 Å². The van der Waals surface area contributed by atoms with E-state index in [1.165, 1.54) is 0 Å². The van der Waals surface area contributed by atoms with Crippen LogP contribution in [-0.4, -0.2) is 31.5 Å². The SMILES string of the molecule is COCC(O)COc1c2ccccc2cc2ccc(Oc3ccccc3)cc12. The van der Waals surface area contributed by atoms with Crippen LogP contribution in [0.5, 0.6) is 17.2 Å². The average molecular weight is 374 g/mol. The molecule has 0 aromatic heterocycles. The summed E-state index contributed by atoms with van der Waals surface area (Å²) in [5.41, 5.74) is 0. The van der Waals surface area contributed by atoms with Gasteiger partial charge >= 0.3 is 0 Å². The first-order valence-corrected chi connectivity index (χ1v) is 9.23. The van der Waals surface area contributed by atoms with E-state index in [1.807, 2.05) is 66.7 Å². The smallest absolute Gasteiger partial charge is 0.135 e. The van der Waals surface area contributed by atoms with E-state index in [1.54, 1.807) is 7.11 Å². The highest BCUT2D eigenvalue weighted by molar-refractivity contribution is 6.05. The normalized spacial score (nSPS) is 12.2. The number of aliphatic hydroxyl groups is 1. The molecule has 4 rings (SSSR count). The standard InChI is InChI=1S/C24H22O4/c1-26-15-19(25)16-27-24-22-10-6-5-7-17(22)13-18-11-12-21(14-23(18)24)28-20-8-3-2-4-9-20/h2-14,19,25H,15-16H2,1H3. The molecule has 0 aliphatic carbocycles. The van der Waals surface area contributed by atoms with E-state index < -0.39 is 6.10 Å². The van der Waals surface area contributed by atoms with Crippen LogP contribution in [0.25, 0.3) is 21.5 Å². The first kappa shape index (κ1) is 18.3. The van der Waals surface area contributed by atoms with Gasteiger partial charge in [0.1, 0.15) is 30.0 Å². The van der Waals surface area contributed by atoms with E-state index in [9.17, 15) is 5.11 Å². The predicted octanol–water partition coefficient (Wildman–Crippen LogP) is 5.17. The molecule has 0 saturated heterocycles. The van der Waals surface area contributed by atoms with Gasteiger partial charge in [0.2, 0.25) is 0 Å². The molecule has 0 bridgehead atoms. The van der Waals surface area contributed by atoms with Crippen LogP contribution in [0.2, 0.25) is 0 Å². The van der Waals surface area contributed by atoms with E-state index in [-0.39, 0.29) is 13.2 Å². The van der Waals surface area contributed by atoms with Crippen molar-refractivity contribution in [2.75, 3.05) is 20.3 Å². The maximum absolute atomic E-state index is 10.0. The first-order chi connectivity index (χ1) is 13.7. The highest BCUT2D eigenvalue weighted by atomic mass is 16.5. The Morgan fingerprint density at radius 1 is 0.750 bits per heavy atom. The van der Waals surface area contributed by atoms with Gasteiger partial charge in [-0.05, 0) is 41.1 Å². The summed E-state index contributed by atoms with van der Waals surface area (Å²) in [6.07, 6.45) is -0.692. The van der Waals surface area contributed by atoms with Gasteiger partial charge in [-0.1, -0.05) is 48.5 Å². The highest BCUT2D eigenvalue weighted by Crippen LogP contribution is 2.37. The van der Waals surface area contributed by atoms with Crippen LogP contribution in [0.3, 0.4) is 0 Å². The zero-order chi connectivity index (χ0) is 19.3. The molecule has 1 unspecified atom stereocenters. The largest absolute Gasteiger partial charge is 0.489 e. The second kappa shape index (κ2) is 8.30. The summed E-state index contributed by atoms with van der Waals surface area (Å²) in [5, 5.41) is 14.1. The van der Waals surface area contributed by atoms with Crippen LogP contribution < -0.4 is 9.47 Å². The molecule has 0 aliphatic rings. The van der Waals surface area contributed by atoms with Gasteiger partial charge in [0.05, 0.1) is 6.61 Å². The number of aliphatic hydroxyl groups excluding tert-OH is 1. The predicted molar refractivity (Wildman–Crippen MR) is 111 cm³/mol. The maximum atomic E-state index is 10.0. The minimum atomic E-state index is -0.692. The van der Waals surface area contributed by atoms with Crippen molar-refractivity contribution in [3.63, 3.8) is 0 Å². The Bertz CT molecular complexity index is 1080. The first-order valence-electron chi connectivity index (χ1n) is 9.23. The topological polar surface area (TPSA) is 47.9 Å². The lowest BCUT2D eigenvalue weighted by atomic mass is 10.0. The van der Waals surface area contributed by atoms with Crippen LogP contribution in [-0.2, 0) is 4.74 Å². The molecule has 4 aromatic rings. The zero-order valence-corrected chi connectivity index (χ0v) is 15.7. The molecule has 1 atom stereocenters. The number of fused-ring (bicyclic) bond motifs is 2. The van der Waals surface area contributed by atoms with E-state index >= 15 is 0 Å². The number of methoxy groups -OCH3 is 1. The van der Waals surface area contributed by atoms with E-state index in [0.717, 1.165) is 38.8 Å². The lowest BCUT2D eigenvalue weighted by molar-refractivity contribution is 0.0333. The maximum Gasteiger partial charge on any atom is 0.135 e. The fourth-order valence-corrected chi connectivity index (χ4v) is 3.26. The molecule has 0 saturated carbocycles. The summed E-state index contributed by atoms with van der Waals surface area (Å²) in [7, 11) is 1.56. The minimum absolute atomic E-state index is 0.153. The molecule has 0 amide bonds. The van der Waals surface area contributed by atoms with Crippen molar-refractivity contribution in [2.24, 2.45) is 0 Å². The zero-order valence-electron chi connectivity index (χ0n) is 15.7. The summed E-state index contributed by atoms with van der Waals surface area (Å²) >= 11 is 0. The summed E-state index contributed by atoms with van der Waals surface area (Å²) in [4.78, 5) is 0. The van der Waals surface area contributed by atoms with Crippen molar-refractivity contribution in [1.29, 1.82) is 0 Å². The second-order valence-corrected chi connectivity index (χ2v) is 6.65. The Morgan fingerprint density at radius 3 is 2.32 bits per heavy atom. The summed E-state index contributed by atoms with van der Waals surface area (Å²) in [5.74, 6) is 2.25. The number of rotatable bonds is 7. The van der Waals surface area contributed by atoms with E-state index in [2.05, 4.69) is 12.1 Å². The molecule has 4 heteroatoms. The van der Waals surface area contributed by atoms with Gasteiger partial charge in [0, 0.05) is 17.9 Å². The molecule has 4 aromatic carbocycles. The molecule has 28 heavy (non-hydrogen) atoms. The Labute approximate surface area is 163 Å². The van der Waals surface area contributed by atoms with Crippen LogP contribution >= 0.6 is 0 Å². The van der Waals surface area contributed by atoms with Crippen LogP contribution in [0.4, 0.5) is 0 Å². The average Bonchev–Trinajstić information content (AvgIpc) is 2.72. The third-order valence-corrected chi connectivity index (χ3v) is 4.54. The van der Waals surface area contributed by atoms with Crippen molar-refractivity contribution in [2.45, 2.75) is 6.10 Å². The summed E-state index contributed by atoms with van der Waals surface area (Å²) < 4.78 is 17.1. The number of hydrogen-bond acceptors (Lipinski definition) is 4. The molecule has 0 fully saturated rings. The Morgan fingerprint density at radius 2 is 1.50 bits per heavy atom. The Hall–Kier alpha value is -3.08. The van der Waals surface area contributed by atoms with E-state index in [4.69, 9.17) is 14.2 Å². The number of benzene rings is 4. The van der Waals surface area contributed by atoms with Crippen LogP contribution in [0.15, 0.2) is 78.9 Å². The lowest BCUT2D eigenvalue weighted by Gasteiger charge is -2.16. The fraction of sp³-hybridized carbons (Fsp3) is 0.167. The Balaban J connectivity index is 1.77. The molecule has 0 radical (unpaired) electrons. The monoisotopic (exact) mass is 374 g/mol. The van der Waals surface area contributed by atoms with Crippen LogP contribution in [0.1, 0.15) is 0 Å². The van der Waals surface area contributed by atoms with Gasteiger partial charge in [-0.25, -0.2) is 0 Å². The molecule has 142 valence electrons. The lowest BCUT2D eigenvalue weighted by Crippen LogP contribution is -2.22. The molecule has 4 nitrogen and oxygen atoms in total. The fourth-order valence-electron chi connectivity index (χ4n) is 3.26. The van der Waals surface area contributed by atoms with Crippen LogP contribution in [0, 0.1) is 0 Å². The van der Waals surface area contributed by atoms with Crippen molar-refractivity contribution >= 4 is 21.5 Å². The van der Waals surface area contributed by atoms with Crippen molar-refractivity contribution in [3.8, 4) is 17.2 Å². The molecule has 0 aliphatic heterocycles. The minimum Gasteiger partial charge on any atom is -0.489 e. The van der Waals surface area contributed by atoms with Gasteiger partial charge in [-0.15, -0.1) is 0 Å². The van der Waals surface area contributed by atoms with Crippen molar-refractivity contribution in [3.05, 3.63) is 78.9 Å². The third kappa shape index (κ3) is 3.93. The van der Waals surface area contributed by atoms with Gasteiger partial charge < -0.3 is 19.3 Å². The highest BCUT2D eigenvalue weighted by Gasteiger charge is 2.13. The molecular formula is C24H22O4. The molecule has 0 spiro atoms. The molecular weight excluding hydrogens is 352 g/mol. The molecule has 0 heterocycles. The van der Waals surface area contributed by atoms with Gasteiger partial charge in [-0.2, -0.15) is 0 Å².